The number of fused-ring (bicyclic) bond motifs is 1. The zero-order valence-corrected chi connectivity index (χ0v) is 11.7. The summed E-state index contributed by atoms with van der Waals surface area (Å²) >= 11 is 0. The number of nitro benzene ring substituents is 1. The average molecular weight is 284 g/mol. The Bertz CT molecular complexity index is 671. The number of non-ortho nitro benzene ring substituents is 1. The molecule has 3 rings (SSSR count). The molecular formula is C16H16N2O3. The van der Waals surface area contributed by atoms with Crippen molar-refractivity contribution in [2.24, 2.45) is 0 Å². The van der Waals surface area contributed by atoms with Gasteiger partial charge in [-0.3, -0.25) is 10.1 Å². The minimum absolute atomic E-state index is 0.0600. The highest BCUT2D eigenvalue weighted by molar-refractivity contribution is 5.50. The SMILES string of the molecule is COc1cccc2c1C(c1cccc([N+](=O)[O-])c1)CNC2. The molecule has 1 aliphatic heterocycles. The molecule has 0 aliphatic carbocycles. The first kappa shape index (κ1) is 13.6. The van der Waals surface area contributed by atoms with Gasteiger partial charge in [-0.15, -0.1) is 0 Å². The van der Waals surface area contributed by atoms with Crippen molar-refractivity contribution in [3.8, 4) is 5.75 Å². The first-order valence-corrected chi connectivity index (χ1v) is 6.81. The van der Waals surface area contributed by atoms with E-state index in [4.69, 9.17) is 4.74 Å². The fourth-order valence-electron chi connectivity index (χ4n) is 2.91. The van der Waals surface area contributed by atoms with Crippen LogP contribution in [0.15, 0.2) is 42.5 Å². The Labute approximate surface area is 122 Å². The highest BCUT2D eigenvalue weighted by Crippen LogP contribution is 2.37. The summed E-state index contributed by atoms with van der Waals surface area (Å²) < 4.78 is 5.48. The fourth-order valence-corrected chi connectivity index (χ4v) is 2.91. The minimum Gasteiger partial charge on any atom is -0.496 e. The maximum atomic E-state index is 11.0. The molecule has 108 valence electrons. The van der Waals surface area contributed by atoms with Crippen molar-refractivity contribution < 1.29 is 9.66 Å². The predicted octanol–water partition coefficient (Wildman–Crippen LogP) is 2.84. The Morgan fingerprint density at radius 1 is 1.29 bits per heavy atom. The molecule has 0 fully saturated rings. The molecule has 0 radical (unpaired) electrons. The quantitative estimate of drug-likeness (QED) is 0.695. The Hall–Kier alpha value is -2.40. The van der Waals surface area contributed by atoms with E-state index in [1.807, 2.05) is 18.2 Å². The van der Waals surface area contributed by atoms with Gasteiger partial charge in [0.2, 0.25) is 0 Å². The van der Waals surface area contributed by atoms with Crippen LogP contribution in [0, 0.1) is 10.1 Å². The summed E-state index contributed by atoms with van der Waals surface area (Å²) in [7, 11) is 1.65. The van der Waals surface area contributed by atoms with Gasteiger partial charge in [-0.25, -0.2) is 0 Å². The van der Waals surface area contributed by atoms with E-state index >= 15 is 0 Å². The Kier molecular flexibility index (Phi) is 3.58. The van der Waals surface area contributed by atoms with Crippen LogP contribution in [0.5, 0.6) is 5.75 Å². The van der Waals surface area contributed by atoms with Crippen molar-refractivity contribution in [1.82, 2.24) is 5.32 Å². The third kappa shape index (κ3) is 2.48. The predicted molar refractivity (Wildman–Crippen MR) is 79.6 cm³/mol. The molecule has 1 atom stereocenters. The van der Waals surface area contributed by atoms with Gasteiger partial charge >= 0.3 is 0 Å². The number of ether oxygens (including phenoxy) is 1. The van der Waals surface area contributed by atoms with Crippen molar-refractivity contribution in [2.45, 2.75) is 12.5 Å². The normalized spacial score (nSPS) is 17.1. The number of nitrogens with one attached hydrogen (secondary N) is 1. The molecule has 21 heavy (non-hydrogen) atoms. The van der Waals surface area contributed by atoms with E-state index in [2.05, 4.69) is 11.4 Å². The lowest BCUT2D eigenvalue weighted by Gasteiger charge is -2.28. The summed E-state index contributed by atoms with van der Waals surface area (Å²) in [6, 6.07) is 12.8. The van der Waals surface area contributed by atoms with E-state index < -0.39 is 0 Å². The highest BCUT2D eigenvalue weighted by atomic mass is 16.6. The van der Waals surface area contributed by atoms with Gasteiger partial charge < -0.3 is 10.1 Å². The van der Waals surface area contributed by atoms with Gasteiger partial charge in [0.25, 0.3) is 5.69 Å². The van der Waals surface area contributed by atoms with E-state index in [-0.39, 0.29) is 16.5 Å². The van der Waals surface area contributed by atoms with Gasteiger partial charge in [0, 0.05) is 36.7 Å². The molecule has 2 aromatic carbocycles. The molecule has 2 aromatic rings. The van der Waals surface area contributed by atoms with Gasteiger partial charge in [-0.2, -0.15) is 0 Å². The minimum atomic E-state index is -0.358. The van der Waals surface area contributed by atoms with Crippen molar-refractivity contribution in [3.05, 3.63) is 69.3 Å². The summed E-state index contributed by atoms with van der Waals surface area (Å²) in [5.41, 5.74) is 3.35. The molecule has 0 bridgehead atoms. The fraction of sp³-hybridized carbons (Fsp3) is 0.250. The number of methoxy groups -OCH3 is 1. The van der Waals surface area contributed by atoms with Gasteiger partial charge in [-0.1, -0.05) is 24.3 Å². The van der Waals surface area contributed by atoms with E-state index in [1.165, 1.54) is 11.6 Å². The molecule has 1 heterocycles. The van der Waals surface area contributed by atoms with Crippen molar-refractivity contribution >= 4 is 5.69 Å². The molecule has 1 unspecified atom stereocenters. The molecule has 5 heteroatoms. The van der Waals surface area contributed by atoms with Crippen LogP contribution in [-0.4, -0.2) is 18.6 Å². The Balaban J connectivity index is 2.10. The molecule has 1 N–H and O–H groups in total. The zero-order chi connectivity index (χ0) is 14.8. The van der Waals surface area contributed by atoms with E-state index in [0.717, 1.165) is 30.0 Å². The molecule has 0 aromatic heterocycles. The lowest BCUT2D eigenvalue weighted by Crippen LogP contribution is -2.29. The van der Waals surface area contributed by atoms with E-state index in [9.17, 15) is 10.1 Å². The zero-order valence-electron chi connectivity index (χ0n) is 11.7. The third-order valence-corrected chi connectivity index (χ3v) is 3.87. The number of hydrogen-bond acceptors (Lipinski definition) is 4. The second-order valence-electron chi connectivity index (χ2n) is 5.07. The number of rotatable bonds is 3. The third-order valence-electron chi connectivity index (χ3n) is 3.87. The summed E-state index contributed by atoms with van der Waals surface area (Å²) in [5, 5.41) is 14.3. The number of nitro groups is 1. The summed E-state index contributed by atoms with van der Waals surface area (Å²) in [5.74, 6) is 0.898. The maximum Gasteiger partial charge on any atom is 0.269 e. The lowest BCUT2D eigenvalue weighted by molar-refractivity contribution is -0.384. The molecule has 0 saturated heterocycles. The van der Waals surface area contributed by atoms with Gasteiger partial charge in [-0.05, 0) is 17.2 Å². The van der Waals surface area contributed by atoms with Gasteiger partial charge in [0.15, 0.2) is 0 Å². The van der Waals surface area contributed by atoms with Crippen LogP contribution in [0.2, 0.25) is 0 Å². The van der Waals surface area contributed by atoms with Crippen LogP contribution in [0.3, 0.4) is 0 Å². The second-order valence-corrected chi connectivity index (χ2v) is 5.07. The first-order chi connectivity index (χ1) is 10.2. The van der Waals surface area contributed by atoms with E-state index in [0.29, 0.717) is 0 Å². The van der Waals surface area contributed by atoms with Crippen molar-refractivity contribution in [3.63, 3.8) is 0 Å². The highest BCUT2D eigenvalue weighted by Gasteiger charge is 2.26. The number of nitrogens with zero attached hydrogens (tertiary/aromatic N) is 1. The standard InChI is InChI=1S/C16H16N2O3/c1-21-15-7-3-5-12-9-17-10-14(16(12)15)11-4-2-6-13(8-11)18(19)20/h2-8,14,17H,9-10H2,1H3. The Morgan fingerprint density at radius 3 is 2.86 bits per heavy atom. The molecule has 0 saturated carbocycles. The van der Waals surface area contributed by atoms with E-state index in [1.54, 1.807) is 19.2 Å². The summed E-state index contributed by atoms with van der Waals surface area (Å²) in [6.07, 6.45) is 0. The second kappa shape index (κ2) is 5.54. The average Bonchev–Trinajstić information content (AvgIpc) is 2.53. The molecule has 5 nitrogen and oxygen atoms in total. The van der Waals surface area contributed by atoms with Crippen LogP contribution in [0.25, 0.3) is 0 Å². The number of benzene rings is 2. The Morgan fingerprint density at radius 2 is 2.10 bits per heavy atom. The summed E-state index contributed by atoms with van der Waals surface area (Å²) in [4.78, 5) is 10.6. The van der Waals surface area contributed by atoms with Gasteiger partial charge in [0.1, 0.15) is 5.75 Å². The van der Waals surface area contributed by atoms with Gasteiger partial charge in [0.05, 0.1) is 12.0 Å². The van der Waals surface area contributed by atoms with Crippen LogP contribution in [0.1, 0.15) is 22.6 Å². The topological polar surface area (TPSA) is 64.4 Å². The molecule has 0 spiro atoms. The van der Waals surface area contributed by atoms with Crippen LogP contribution < -0.4 is 10.1 Å². The molecular weight excluding hydrogens is 268 g/mol. The maximum absolute atomic E-state index is 11.0. The smallest absolute Gasteiger partial charge is 0.269 e. The van der Waals surface area contributed by atoms with Crippen molar-refractivity contribution in [2.75, 3.05) is 13.7 Å². The van der Waals surface area contributed by atoms with Crippen LogP contribution in [0.4, 0.5) is 5.69 Å². The summed E-state index contributed by atoms with van der Waals surface area (Å²) in [6.45, 7) is 1.53. The van der Waals surface area contributed by atoms with Crippen LogP contribution in [-0.2, 0) is 6.54 Å². The molecule has 0 amide bonds. The first-order valence-electron chi connectivity index (χ1n) is 6.81. The van der Waals surface area contributed by atoms with Crippen molar-refractivity contribution in [1.29, 1.82) is 0 Å². The molecule has 1 aliphatic rings. The van der Waals surface area contributed by atoms with Crippen LogP contribution >= 0.6 is 0 Å². The lowest BCUT2D eigenvalue weighted by atomic mass is 9.84. The largest absolute Gasteiger partial charge is 0.496 e. The monoisotopic (exact) mass is 284 g/mol. The number of hydrogen-bond donors (Lipinski definition) is 1.